The van der Waals surface area contributed by atoms with Crippen molar-refractivity contribution in [1.29, 1.82) is 0 Å². The topological polar surface area (TPSA) is 128 Å². The molecule has 4 aromatic rings. The van der Waals surface area contributed by atoms with Crippen molar-refractivity contribution >= 4 is 23.4 Å². The molecular weight excluding hydrogens is 452 g/mol. The van der Waals surface area contributed by atoms with Crippen LogP contribution in [0.5, 0.6) is 5.75 Å². The van der Waals surface area contributed by atoms with Gasteiger partial charge in [0.1, 0.15) is 35.4 Å². The highest BCUT2D eigenvalue weighted by Crippen LogP contribution is 2.33. The van der Waals surface area contributed by atoms with Crippen LogP contribution in [0.4, 0.5) is 11.4 Å². The first-order valence-electron chi connectivity index (χ1n) is 10.6. The maximum atomic E-state index is 12.6. The van der Waals surface area contributed by atoms with Crippen molar-refractivity contribution in [3.05, 3.63) is 93.9 Å². The molecule has 0 unspecified atom stereocenters. The minimum atomic E-state index is -0.456. The number of nitrogens with one attached hydrogen (secondary N) is 1. The Morgan fingerprint density at radius 1 is 1.09 bits per heavy atom. The molecule has 0 saturated heterocycles. The summed E-state index contributed by atoms with van der Waals surface area (Å²) in [5.41, 5.74) is 2.19. The van der Waals surface area contributed by atoms with Crippen LogP contribution in [0.1, 0.15) is 17.1 Å². The van der Waals surface area contributed by atoms with E-state index in [1.807, 2.05) is 0 Å². The summed E-state index contributed by atoms with van der Waals surface area (Å²) < 4.78 is 16.6. The maximum Gasteiger partial charge on any atom is 0.280 e. The number of methoxy groups -OCH3 is 1. The molecule has 0 aliphatic heterocycles. The van der Waals surface area contributed by atoms with E-state index in [0.29, 0.717) is 45.6 Å². The van der Waals surface area contributed by atoms with Crippen molar-refractivity contribution < 1.29 is 28.4 Å². The number of aryl methyl sites for hydroxylation is 1. The lowest BCUT2D eigenvalue weighted by Crippen LogP contribution is -2.09. The van der Waals surface area contributed by atoms with Crippen molar-refractivity contribution in [3.63, 3.8) is 0 Å². The average molecular weight is 474 g/mol. The number of benzene rings is 2. The van der Waals surface area contributed by atoms with Crippen molar-refractivity contribution in [2.24, 2.45) is 0 Å². The molecule has 178 valence electrons. The van der Waals surface area contributed by atoms with Gasteiger partial charge < -0.3 is 24.0 Å². The Morgan fingerprint density at radius 3 is 2.60 bits per heavy atom. The molecule has 0 bridgehead atoms. The number of nitro benzene ring substituents is 1. The van der Waals surface area contributed by atoms with Gasteiger partial charge in [-0.15, -0.1) is 0 Å². The van der Waals surface area contributed by atoms with E-state index in [9.17, 15) is 20.0 Å². The normalized spacial score (nSPS) is 11.1. The van der Waals surface area contributed by atoms with Crippen LogP contribution >= 0.6 is 0 Å². The van der Waals surface area contributed by atoms with Gasteiger partial charge in [0, 0.05) is 17.7 Å². The summed E-state index contributed by atoms with van der Waals surface area (Å²) in [6.45, 7) is 1.56. The smallest absolute Gasteiger partial charge is 0.280 e. The number of aliphatic hydroxyl groups is 1. The molecule has 2 aromatic carbocycles. The Kier molecular flexibility index (Phi) is 6.79. The second-order valence-electron chi connectivity index (χ2n) is 7.64. The first-order valence-corrected chi connectivity index (χ1v) is 10.6. The van der Waals surface area contributed by atoms with Crippen molar-refractivity contribution in [2.45, 2.75) is 13.5 Å². The lowest BCUT2D eigenvalue weighted by atomic mass is 10.1. The number of nitro groups is 1. The number of hydrogen-bond donors (Lipinski definition) is 2. The standard InChI is InChI=1S/C26H22N2O7/c1-16-3-8-20(22(13-16)28(31)32)24-11-5-18(34-24)7-12-26(30)27-21-14-17(4-9-25(21)33-2)23-10-6-19(15-29)35-23/h3-14,29H,15H2,1-2H3,(H,27,30)/b12-7+. The lowest BCUT2D eigenvalue weighted by molar-refractivity contribution is -0.384. The van der Waals surface area contributed by atoms with E-state index in [0.717, 1.165) is 5.56 Å². The number of aliphatic hydroxyl groups excluding tert-OH is 1. The first-order chi connectivity index (χ1) is 16.9. The molecule has 2 heterocycles. The molecule has 1 amide bonds. The molecule has 0 saturated carbocycles. The molecular formula is C26H22N2O7. The summed E-state index contributed by atoms with van der Waals surface area (Å²) in [7, 11) is 1.49. The van der Waals surface area contributed by atoms with Crippen LogP contribution in [0.15, 0.2) is 75.6 Å². The van der Waals surface area contributed by atoms with Crippen molar-refractivity contribution in [3.8, 4) is 28.4 Å². The zero-order valence-corrected chi connectivity index (χ0v) is 19.0. The molecule has 4 rings (SSSR count). The van der Waals surface area contributed by atoms with Gasteiger partial charge in [-0.1, -0.05) is 6.07 Å². The molecule has 0 radical (unpaired) electrons. The van der Waals surface area contributed by atoms with Crippen LogP contribution in [0.3, 0.4) is 0 Å². The van der Waals surface area contributed by atoms with E-state index in [-0.39, 0.29) is 12.3 Å². The average Bonchev–Trinajstić information content (AvgIpc) is 3.52. The second kappa shape index (κ2) is 10.1. The molecule has 0 aliphatic carbocycles. The molecule has 2 N–H and O–H groups in total. The molecule has 9 heteroatoms. The minimum Gasteiger partial charge on any atom is -0.495 e. The number of amides is 1. The number of furan rings is 2. The van der Waals surface area contributed by atoms with E-state index < -0.39 is 10.8 Å². The van der Waals surface area contributed by atoms with E-state index in [4.69, 9.17) is 13.6 Å². The fourth-order valence-electron chi connectivity index (χ4n) is 3.50. The van der Waals surface area contributed by atoms with Crippen LogP contribution in [0.2, 0.25) is 0 Å². The molecule has 0 atom stereocenters. The third kappa shape index (κ3) is 5.31. The summed E-state index contributed by atoms with van der Waals surface area (Å²) in [5, 5.41) is 23.4. The third-order valence-electron chi connectivity index (χ3n) is 5.20. The molecule has 0 aliphatic rings. The van der Waals surface area contributed by atoms with Gasteiger partial charge in [0.2, 0.25) is 5.91 Å². The van der Waals surface area contributed by atoms with Gasteiger partial charge >= 0.3 is 0 Å². The number of rotatable bonds is 8. The van der Waals surface area contributed by atoms with Gasteiger partial charge in [-0.05, 0) is 67.1 Å². The monoisotopic (exact) mass is 474 g/mol. The molecule has 35 heavy (non-hydrogen) atoms. The number of nitrogens with zero attached hydrogens (tertiary/aromatic N) is 1. The lowest BCUT2D eigenvalue weighted by Gasteiger charge is -2.10. The Morgan fingerprint density at radius 2 is 1.89 bits per heavy atom. The number of anilines is 1. The van der Waals surface area contributed by atoms with E-state index in [1.165, 1.54) is 25.3 Å². The Bertz CT molecular complexity index is 1410. The van der Waals surface area contributed by atoms with E-state index in [1.54, 1.807) is 61.5 Å². The molecule has 9 nitrogen and oxygen atoms in total. The Balaban J connectivity index is 1.51. The van der Waals surface area contributed by atoms with Crippen LogP contribution in [0.25, 0.3) is 28.7 Å². The minimum absolute atomic E-state index is 0.0535. The van der Waals surface area contributed by atoms with Crippen LogP contribution in [-0.2, 0) is 11.4 Å². The van der Waals surface area contributed by atoms with Crippen LogP contribution < -0.4 is 10.1 Å². The van der Waals surface area contributed by atoms with E-state index >= 15 is 0 Å². The summed E-state index contributed by atoms with van der Waals surface area (Å²) >= 11 is 0. The van der Waals surface area contributed by atoms with Gasteiger partial charge in [-0.3, -0.25) is 14.9 Å². The third-order valence-corrected chi connectivity index (χ3v) is 5.20. The van der Waals surface area contributed by atoms with Crippen molar-refractivity contribution in [2.75, 3.05) is 12.4 Å². The summed E-state index contributed by atoms with van der Waals surface area (Å²) in [6.07, 6.45) is 2.75. The Labute approximate surface area is 200 Å². The highest BCUT2D eigenvalue weighted by Gasteiger charge is 2.18. The largest absolute Gasteiger partial charge is 0.495 e. The van der Waals surface area contributed by atoms with Crippen LogP contribution in [0, 0.1) is 17.0 Å². The maximum absolute atomic E-state index is 12.6. The fourth-order valence-corrected chi connectivity index (χ4v) is 3.50. The van der Waals surface area contributed by atoms with Crippen molar-refractivity contribution in [1.82, 2.24) is 0 Å². The van der Waals surface area contributed by atoms with Gasteiger partial charge in [0.05, 0.1) is 23.3 Å². The number of carbonyl (C=O) groups is 1. The SMILES string of the molecule is COc1ccc(-c2ccc(CO)o2)cc1NC(=O)/C=C/c1ccc(-c2ccc(C)cc2[N+](=O)[O-])o1. The molecule has 0 fully saturated rings. The number of ether oxygens (including phenoxy) is 1. The predicted molar refractivity (Wildman–Crippen MR) is 130 cm³/mol. The number of carbonyl (C=O) groups excluding carboxylic acids is 1. The van der Waals surface area contributed by atoms with Gasteiger partial charge in [0.15, 0.2) is 0 Å². The van der Waals surface area contributed by atoms with Crippen LogP contribution in [-0.4, -0.2) is 23.0 Å². The first kappa shape index (κ1) is 23.5. The van der Waals surface area contributed by atoms with E-state index in [2.05, 4.69) is 5.32 Å². The summed E-state index contributed by atoms with van der Waals surface area (Å²) in [5.74, 6) is 1.67. The Hall–Kier alpha value is -4.63. The quantitative estimate of drug-likeness (QED) is 0.194. The van der Waals surface area contributed by atoms with Gasteiger partial charge in [0.25, 0.3) is 5.69 Å². The zero-order chi connectivity index (χ0) is 24.9. The molecule has 0 spiro atoms. The number of hydrogen-bond acceptors (Lipinski definition) is 7. The summed E-state index contributed by atoms with van der Waals surface area (Å²) in [4.78, 5) is 23.5. The fraction of sp³-hybridized carbons (Fsp3) is 0.115. The highest BCUT2D eigenvalue weighted by atomic mass is 16.6. The molecule has 2 aromatic heterocycles. The summed E-state index contributed by atoms with van der Waals surface area (Å²) in [6, 6.07) is 16.7. The zero-order valence-electron chi connectivity index (χ0n) is 19.0. The second-order valence-corrected chi connectivity index (χ2v) is 7.64. The predicted octanol–water partition coefficient (Wildman–Crippen LogP) is 5.58. The van der Waals surface area contributed by atoms with Gasteiger partial charge in [-0.25, -0.2) is 0 Å². The van der Waals surface area contributed by atoms with Gasteiger partial charge in [-0.2, -0.15) is 0 Å². The highest BCUT2D eigenvalue weighted by molar-refractivity contribution is 6.03.